The van der Waals surface area contributed by atoms with Crippen LogP contribution in [0.15, 0.2) is 18.2 Å². The maximum Gasteiger partial charge on any atom is 0.123 e. The van der Waals surface area contributed by atoms with Crippen LogP contribution in [0.5, 0.6) is 5.75 Å². The zero-order chi connectivity index (χ0) is 13.1. The highest BCUT2D eigenvalue weighted by molar-refractivity contribution is 5.39. The Labute approximate surface area is 110 Å². The third-order valence-electron chi connectivity index (χ3n) is 3.91. The summed E-state index contributed by atoms with van der Waals surface area (Å²) in [6.07, 6.45) is 2.58. The summed E-state index contributed by atoms with van der Waals surface area (Å²) < 4.78 is 5.41. The molecule has 100 valence electrons. The third kappa shape index (κ3) is 2.85. The second-order valence-corrected chi connectivity index (χ2v) is 5.34. The van der Waals surface area contributed by atoms with Crippen LogP contribution < -0.4 is 10.5 Å². The number of nitrogens with zero attached hydrogens (tertiary/aromatic N) is 1. The van der Waals surface area contributed by atoms with Gasteiger partial charge in [-0.15, -0.1) is 0 Å². The molecule has 1 aromatic rings. The third-order valence-corrected chi connectivity index (χ3v) is 3.91. The van der Waals surface area contributed by atoms with Gasteiger partial charge in [0.1, 0.15) is 5.75 Å². The van der Waals surface area contributed by atoms with Crippen LogP contribution >= 0.6 is 0 Å². The molecule has 1 aliphatic heterocycles. The second kappa shape index (κ2) is 5.72. The molecule has 0 bridgehead atoms. The number of benzene rings is 1. The van der Waals surface area contributed by atoms with Crippen LogP contribution in [0.2, 0.25) is 0 Å². The van der Waals surface area contributed by atoms with E-state index in [9.17, 15) is 0 Å². The topological polar surface area (TPSA) is 38.5 Å². The van der Waals surface area contributed by atoms with Crippen molar-refractivity contribution in [2.45, 2.75) is 38.8 Å². The number of nitrogens with two attached hydrogens (primary N) is 1. The van der Waals surface area contributed by atoms with Gasteiger partial charge in [0.05, 0.1) is 7.11 Å². The highest BCUT2D eigenvalue weighted by Crippen LogP contribution is 2.27. The van der Waals surface area contributed by atoms with Crippen LogP contribution in [0.4, 0.5) is 0 Å². The fourth-order valence-corrected chi connectivity index (χ4v) is 2.76. The zero-order valence-electron chi connectivity index (χ0n) is 11.6. The summed E-state index contributed by atoms with van der Waals surface area (Å²) in [5.41, 5.74) is 8.71. The van der Waals surface area contributed by atoms with E-state index in [1.54, 1.807) is 7.11 Å². The Hall–Kier alpha value is -1.06. The molecule has 2 unspecified atom stereocenters. The van der Waals surface area contributed by atoms with Crippen molar-refractivity contribution in [2.24, 2.45) is 5.73 Å². The average Bonchev–Trinajstić information content (AvgIpc) is 2.75. The molecule has 2 rings (SSSR count). The maximum absolute atomic E-state index is 6.36. The van der Waals surface area contributed by atoms with E-state index in [-0.39, 0.29) is 6.04 Å². The van der Waals surface area contributed by atoms with Gasteiger partial charge in [-0.1, -0.05) is 17.7 Å². The van der Waals surface area contributed by atoms with E-state index < -0.39 is 0 Å². The van der Waals surface area contributed by atoms with Crippen molar-refractivity contribution in [3.63, 3.8) is 0 Å². The number of aryl methyl sites for hydroxylation is 1. The zero-order valence-corrected chi connectivity index (χ0v) is 11.6. The van der Waals surface area contributed by atoms with Gasteiger partial charge in [0, 0.05) is 24.2 Å². The monoisotopic (exact) mass is 248 g/mol. The van der Waals surface area contributed by atoms with Crippen LogP contribution in [0.25, 0.3) is 0 Å². The minimum atomic E-state index is 0.0281. The summed E-state index contributed by atoms with van der Waals surface area (Å²) in [6, 6.07) is 6.91. The number of ether oxygens (including phenoxy) is 1. The van der Waals surface area contributed by atoms with E-state index >= 15 is 0 Å². The Morgan fingerprint density at radius 1 is 1.50 bits per heavy atom. The molecule has 2 N–H and O–H groups in total. The average molecular weight is 248 g/mol. The van der Waals surface area contributed by atoms with Crippen molar-refractivity contribution in [1.82, 2.24) is 4.90 Å². The first-order valence-electron chi connectivity index (χ1n) is 6.76. The van der Waals surface area contributed by atoms with E-state index in [1.807, 2.05) is 6.07 Å². The molecular formula is C15H24N2O. The quantitative estimate of drug-likeness (QED) is 0.889. The predicted molar refractivity (Wildman–Crippen MR) is 74.9 cm³/mol. The number of rotatable bonds is 4. The van der Waals surface area contributed by atoms with Gasteiger partial charge in [-0.05, 0) is 39.3 Å². The van der Waals surface area contributed by atoms with Gasteiger partial charge in [0.25, 0.3) is 0 Å². The first-order valence-corrected chi connectivity index (χ1v) is 6.76. The van der Waals surface area contributed by atoms with Crippen LogP contribution in [-0.4, -0.2) is 31.1 Å². The van der Waals surface area contributed by atoms with Gasteiger partial charge in [-0.2, -0.15) is 0 Å². The first kappa shape index (κ1) is 13.4. The maximum atomic E-state index is 6.36. The molecule has 0 saturated carbocycles. The molecule has 0 radical (unpaired) electrons. The Balaban J connectivity index is 2.12. The van der Waals surface area contributed by atoms with Crippen LogP contribution in [-0.2, 0) is 0 Å². The van der Waals surface area contributed by atoms with Crippen molar-refractivity contribution in [3.8, 4) is 5.75 Å². The molecule has 0 spiro atoms. The lowest BCUT2D eigenvalue weighted by Gasteiger charge is -2.26. The molecule has 0 aromatic heterocycles. The summed E-state index contributed by atoms with van der Waals surface area (Å²) in [4.78, 5) is 2.48. The Kier molecular flexibility index (Phi) is 4.25. The molecule has 0 amide bonds. The van der Waals surface area contributed by atoms with Crippen molar-refractivity contribution in [2.75, 3.05) is 20.2 Å². The molecule has 1 aromatic carbocycles. The van der Waals surface area contributed by atoms with Gasteiger partial charge >= 0.3 is 0 Å². The SMILES string of the molecule is COc1ccc(C)cc1C(N)CN1CCCC1C. The first-order chi connectivity index (χ1) is 8.61. The lowest BCUT2D eigenvalue weighted by atomic mass is 10.0. The van der Waals surface area contributed by atoms with Gasteiger partial charge < -0.3 is 10.5 Å². The summed E-state index contributed by atoms with van der Waals surface area (Å²) in [5.74, 6) is 0.903. The summed E-state index contributed by atoms with van der Waals surface area (Å²) in [7, 11) is 1.71. The molecule has 3 heteroatoms. The highest BCUT2D eigenvalue weighted by atomic mass is 16.5. The Bertz CT molecular complexity index is 405. The number of likely N-dealkylation sites (tertiary alicyclic amines) is 1. The molecule has 1 fully saturated rings. The Morgan fingerprint density at radius 3 is 2.89 bits per heavy atom. The van der Waals surface area contributed by atoms with Crippen LogP contribution in [0, 0.1) is 6.92 Å². The summed E-state index contributed by atoms with van der Waals surface area (Å²) in [6.45, 7) is 6.46. The summed E-state index contributed by atoms with van der Waals surface area (Å²) >= 11 is 0. The lowest BCUT2D eigenvalue weighted by molar-refractivity contribution is 0.250. The number of hydrogen-bond donors (Lipinski definition) is 1. The van der Waals surface area contributed by atoms with E-state index in [1.165, 1.54) is 24.9 Å². The normalized spacial score (nSPS) is 22.1. The predicted octanol–water partition coefficient (Wildman–Crippen LogP) is 2.49. The van der Waals surface area contributed by atoms with Gasteiger partial charge in [-0.3, -0.25) is 4.90 Å². The van der Waals surface area contributed by atoms with Crippen LogP contribution in [0.3, 0.4) is 0 Å². The fourth-order valence-electron chi connectivity index (χ4n) is 2.76. The van der Waals surface area contributed by atoms with Gasteiger partial charge in [0.15, 0.2) is 0 Å². The van der Waals surface area contributed by atoms with Crippen molar-refractivity contribution in [3.05, 3.63) is 29.3 Å². The van der Waals surface area contributed by atoms with Crippen molar-refractivity contribution in [1.29, 1.82) is 0 Å². The molecule has 3 nitrogen and oxygen atoms in total. The molecular weight excluding hydrogens is 224 g/mol. The van der Waals surface area contributed by atoms with E-state index in [0.717, 1.165) is 17.9 Å². The van der Waals surface area contributed by atoms with E-state index in [4.69, 9.17) is 10.5 Å². The minimum Gasteiger partial charge on any atom is -0.496 e. The number of methoxy groups -OCH3 is 1. The van der Waals surface area contributed by atoms with Crippen molar-refractivity contribution < 1.29 is 4.74 Å². The molecule has 18 heavy (non-hydrogen) atoms. The fraction of sp³-hybridized carbons (Fsp3) is 0.600. The largest absolute Gasteiger partial charge is 0.496 e. The summed E-state index contributed by atoms with van der Waals surface area (Å²) in [5, 5.41) is 0. The minimum absolute atomic E-state index is 0.0281. The Morgan fingerprint density at radius 2 is 2.28 bits per heavy atom. The van der Waals surface area contributed by atoms with Gasteiger partial charge in [0.2, 0.25) is 0 Å². The standard InChI is InChI=1S/C15H24N2O/c1-11-6-7-15(18-3)13(9-11)14(16)10-17-8-4-5-12(17)2/h6-7,9,12,14H,4-5,8,10,16H2,1-3H3. The molecule has 1 heterocycles. The van der Waals surface area contributed by atoms with Crippen LogP contribution in [0.1, 0.15) is 36.9 Å². The smallest absolute Gasteiger partial charge is 0.123 e. The highest BCUT2D eigenvalue weighted by Gasteiger charge is 2.23. The van der Waals surface area contributed by atoms with Crippen molar-refractivity contribution >= 4 is 0 Å². The number of hydrogen-bond acceptors (Lipinski definition) is 3. The lowest BCUT2D eigenvalue weighted by Crippen LogP contribution is -2.34. The molecule has 1 aliphatic rings. The van der Waals surface area contributed by atoms with E-state index in [0.29, 0.717) is 6.04 Å². The molecule has 2 atom stereocenters. The van der Waals surface area contributed by atoms with E-state index in [2.05, 4.69) is 30.9 Å². The second-order valence-electron chi connectivity index (χ2n) is 5.34. The molecule has 0 aliphatic carbocycles. The van der Waals surface area contributed by atoms with Gasteiger partial charge in [-0.25, -0.2) is 0 Å². The molecule has 1 saturated heterocycles.